The van der Waals surface area contributed by atoms with Crippen molar-refractivity contribution in [3.8, 4) is 5.75 Å². The molecule has 0 radical (unpaired) electrons. The largest absolute Gasteiger partial charge is 0.494 e. The summed E-state index contributed by atoms with van der Waals surface area (Å²) >= 11 is 0. The third-order valence-electron chi connectivity index (χ3n) is 4.31. The fraction of sp³-hybridized carbons (Fsp3) is 0.600. The third kappa shape index (κ3) is 6.71. The molecule has 9 heteroatoms. The van der Waals surface area contributed by atoms with Crippen molar-refractivity contribution < 1.29 is 32.2 Å². The second kappa shape index (κ2) is 9.58. The highest BCUT2D eigenvalue weighted by Gasteiger charge is 2.33. The Bertz CT molecular complexity index is 804. The van der Waals surface area contributed by atoms with Gasteiger partial charge in [0.15, 0.2) is 6.61 Å². The Balaban J connectivity index is 1.87. The van der Waals surface area contributed by atoms with E-state index in [1.165, 1.54) is 16.4 Å². The van der Waals surface area contributed by atoms with Crippen LogP contribution in [-0.2, 0) is 29.1 Å². The summed E-state index contributed by atoms with van der Waals surface area (Å²) in [7, 11) is -3.64. The van der Waals surface area contributed by atoms with E-state index >= 15 is 0 Å². The maximum absolute atomic E-state index is 12.8. The van der Waals surface area contributed by atoms with Crippen LogP contribution >= 0.6 is 0 Å². The Morgan fingerprint density at radius 3 is 2.21 bits per heavy atom. The van der Waals surface area contributed by atoms with Crippen molar-refractivity contribution in [2.24, 2.45) is 5.92 Å². The molecule has 1 heterocycles. The first kappa shape index (κ1) is 23.2. The minimum atomic E-state index is -3.64. The molecule has 1 aliphatic rings. The molecule has 0 atom stereocenters. The van der Waals surface area contributed by atoms with Gasteiger partial charge >= 0.3 is 11.9 Å². The number of rotatable bonds is 7. The van der Waals surface area contributed by atoms with Crippen LogP contribution in [0.1, 0.15) is 40.5 Å². The maximum Gasteiger partial charge on any atom is 0.344 e. The van der Waals surface area contributed by atoms with E-state index in [2.05, 4.69) is 0 Å². The summed E-state index contributed by atoms with van der Waals surface area (Å²) < 4.78 is 42.4. The fourth-order valence-electron chi connectivity index (χ4n) is 2.97. The molecule has 0 unspecified atom stereocenters. The van der Waals surface area contributed by atoms with E-state index in [4.69, 9.17) is 14.2 Å². The summed E-state index contributed by atoms with van der Waals surface area (Å²) in [6.07, 6.45) is 0.673. The number of carbonyl (C=O) groups excluding carboxylic acids is 2. The molecule has 0 aromatic heterocycles. The molecule has 0 spiro atoms. The Morgan fingerprint density at radius 2 is 1.69 bits per heavy atom. The van der Waals surface area contributed by atoms with Crippen LogP contribution < -0.4 is 4.74 Å². The molecule has 1 aromatic carbocycles. The van der Waals surface area contributed by atoms with Crippen LogP contribution in [0, 0.1) is 5.92 Å². The molecular weight excluding hydrogens is 398 g/mol. The predicted molar refractivity (Wildman–Crippen MR) is 106 cm³/mol. The van der Waals surface area contributed by atoms with Crippen LogP contribution in [0.25, 0.3) is 0 Å². The molecule has 1 saturated heterocycles. The van der Waals surface area contributed by atoms with Crippen molar-refractivity contribution in [2.45, 2.75) is 51.0 Å². The molecule has 162 valence electrons. The SMILES string of the molecule is CCOc1ccc(S(=O)(=O)N2CCC(C(=O)OCC(=O)OC(C)(C)C)CC2)cc1. The molecule has 0 saturated carbocycles. The van der Waals surface area contributed by atoms with Crippen molar-refractivity contribution in [1.29, 1.82) is 0 Å². The van der Waals surface area contributed by atoms with Gasteiger partial charge in [0.1, 0.15) is 11.4 Å². The molecule has 0 bridgehead atoms. The van der Waals surface area contributed by atoms with E-state index in [1.54, 1.807) is 32.9 Å². The Morgan fingerprint density at radius 1 is 1.10 bits per heavy atom. The second-order valence-corrected chi connectivity index (χ2v) is 9.71. The van der Waals surface area contributed by atoms with Crippen molar-refractivity contribution >= 4 is 22.0 Å². The minimum absolute atomic E-state index is 0.187. The van der Waals surface area contributed by atoms with Crippen LogP contribution in [-0.4, -0.2) is 56.6 Å². The second-order valence-electron chi connectivity index (χ2n) is 7.78. The van der Waals surface area contributed by atoms with E-state index in [-0.39, 0.29) is 18.0 Å². The summed E-state index contributed by atoms with van der Waals surface area (Å²) in [4.78, 5) is 24.0. The van der Waals surface area contributed by atoms with Crippen molar-refractivity contribution in [1.82, 2.24) is 4.31 Å². The predicted octanol–water partition coefficient (Wildman–Crippen LogP) is 2.37. The zero-order valence-corrected chi connectivity index (χ0v) is 18.2. The van der Waals surface area contributed by atoms with Gasteiger partial charge < -0.3 is 14.2 Å². The molecule has 0 N–H and O–H groups in total. The monoisotopic (exact) mass is 427 g/mol. The maximum atomic E-state index is 12.8. The Labute approximate surface area is 172 Å². The van der Waals surface area contributed by atoms with Crippen LogP contribution in [0.2, 0.25) is 0 Å². The fourth-order valence-corrected chi connectivity index (χ4v) is 4.44. The van der Waals surface area contributed by atoms with Gasteiger partial charge in [-0.3, -0.25) is 4.79 Å². The molecular formula is C20H29NO7S. The highest BCUT2D eigenvalue weighted by atomic mass is 32.2. The number of esters is 2. The van der Waals surface area contributed by atoms with Gasteiger partial charge in [-0.25, -0.2) is 13.2 Å². The van der Waals surface area contributed by atoms with Gasteiger partial charge in [0, 0.05) is 13.1 Å². The molecule has 2 rings (SSSR count). The zero-order valence-electron chi connectivity index (χ0n) is 17.3. The van der Waals surface area contributed by atoms with Crippen LogP contribution in [0.3, 0.4) is 0 Å². The van der Waals surface area contributed by atoms with Gasteiger partial charge in [0.2, 0.25) is 10.0 Å². The van der Waals surface area contributed by atoms with Crippen molar-refractivity contribution in [3.63, 3.8) is 0 Å². The zero-order chi connectivity index (χ0) is 21.7. The summed E-state index contributed by atoms with van der Waals surface area (Å²) in [5, 5.41) is 0. The lowest BCUT2D eigenvalue weighted by Gasteiger charge is -2.30. The van der Waals surface area contributed by atoms with Gasteiger partial charge in [-0.2, -0.15) is 4.31 Å². The number of benzene rings is 1. The lowest BCUT2D eigenvalue weighted by molar-refractivity contribution is -0.168. The average Bonchev–Trinajstić information content (AvgIpc) is 2.65. The number of ether oxygens (including phenoxy) is 3. The first-order valence-electron chi connectivity index (χ1n) is 9.64. The number of nitrogens with zero attached hydrogens (tertiary/aromatic N) is 1. The van der Waals surface area contributed by atoms with Crippen LogP contribution in [0.5, 0.6) is 5.75 Å². The van der Waals surface area contributed by atoms with Crippen molar-refractivity contribution in [2.75, 3.05) is 26.3 Å². The molecule has 0 aliphatic carbocycles. The van der Waals surface area contributed by atoms with Crippen LogP contribution in [0.4, 0.5) is 0 Å². The standard InChI is InChI=1S/C20H29NO7S/c1-5-26-16-6-8-17(9-7-16)29(24,25)21-12-10-15(11-13-21)19(23)27-14-18(22)28-20(2,3)4/h6-9,15H,5,10-14H2,1-4H3. The Hall–Kier alpha value is -2.13. The first-order valence-corrected chi connectivity index (χ1v) is 11.1. The minimum Gasteiger partial charge on any atom is -0.494 e. The summed E-state index contributed by atoms with van der Waals surface area (Å²) in [6.45, 7) is 7.52. The van der Waals surface area contributed by atoms with Gasteiger partial charge in [-0.1, -0.05) is 0 Å². The van der Waals surface area contributed by atoms with E-state index in [9.17, 15) is 18.0 Å². The van der Waals surface area contributed by atoms with E-state index in [0.717, 1.165) is 0 Å². The van der Waals surface area contributed by atoms with Crippen LogP contribution in [0.15, 0.2) is 29.2 Å². The molecule has 29 heavy (non-hydrogen) atoms. The smallest absolute Gasteiger partial charge is 0.344 e. The molecule has 0 amide bonds. The number of carbonyl (C=O) groups is 2. The number of piperidine rings is 1. The topological polar surface area (TPSA) is 99.2 Å². The quantitative estimate of drug-likeness (QED) is 0.616. The molecule has 8 nitrogen and oxygen atoms in total. The van der Waals surface area contributed by atoms with Gasteiger partial charge in [-0.05, 0) is 64.8 Å². The number of sulfonamides is 1. The van der Waals surface area contributed by atoms with Gasteiger partial charge in [-0.15, -0.1) is 0 Å². The highest BCUT2D eigenvalue weighted by molar-refractivity contribution is 7.89. The first-order chi connectivity index (χ1) is 13.5. The third-order valence-corrected chi connectivity index (χ3v) is 6.22. The summed E-state index contributed by atoms with van der Waals surface area (Å²) in [5.41, 5.74) is -0.649. The summed E-state index contributed by atoms with van der Waals surface area (Å²) in [6, 6.07) is 6.28. The summed E-state index contributed by atoms with van der Waals surface area (Å²) in [5.74, 6) is -0.947. The molecule has 1 fully saturated rings. The number of hydrogen-bond acceptors (Lipinski definition) is 7. The van der Waals surface area contributed by atoms with E-state index in [1.807, 2.05) is 6.92 Å². The highest BCUT2D eigenvalue weighted by Crippen LogP contribution is 2.26. The normalized spacial score (nSPS) is 16.3. The average molecular weight is 428 g/mol. The lowest BCUT2D eigenvalue weighted by Crippen LogP contribution is -2.41. The lowest BCUT2D eigenvalue weighted by atomic mass is 9.98. The molecule has 1 aromatic rings. The number of hydrogen-bond donors (Lipinski definition) is 0. The Kier molecular flexibility index (Phi) is 7.65. The van der Waals surface area contributed by atoms with Crippen molar-refractivity contribution in [3.05, 3.63) is 24.3 Å². The van der Waals surface area contributed by atoms with E-state index < -0.39 is 40.1 Å². The molecule has 1 aliphatic heterocycles. The van der Waals surface area contributed by atoms with Gasteiger partial charge in [0.05, 0.1) is 17.4 Å². The van der Waals surface area contributed by atoms with Gasteiger partial charge in [0.25, 0.3) is 0 Å². The van der Waals surface area contributed by atoms with E-state index in [0.29, 0.717) is 25.2 Å².